The third-order valence-corrected chi connectivity index (χ3v) is 3.66. The molecule has 7 nitrogen and oxygen atoms in total. The maximum atomic E-state index is 12.2. The summed E-state index contributed by atoms with van der Waals surface area (Å²) < 4.78 is 5.71. The molecule has 4 rings (SSSR count). The van der Waals surface area contributed by atoms with Crippen LogP contribution in [0.15, 0.2) is 71.5 Å². The van der Waals surface area contributed by atoms with Gasteiger partial charge in [-0.1, -0.05) is 12.1 Å². The van der Waals surface area contributed by atoms with Crippen LogP contribution >= 0.6 is 0 Å². The number of aromatic nitrogens is 3. The van der Waals surface area contributed by atoms with Gasteiger partial charge in [0.15, 0.2) is 5.58 Å². The van der Waals surface area contributed by atoms with E-state index in [2.05, 4.69) is 25.6 Å². The van der Waals surface area contributed by atoms with Gasteiger partial charge in [-0.15, -0.1) is 0 Å². The highest BCUT2D eigenvalue weighted by molar-refractivity contribution is 5.92. The fraction of sp³-hybridized carbons (Fsp3) is 0.0526. The van der Waals surface area contributed by atoms with E-state index in [0.29, 0.717) is 28.6 Å². The van der Waals surface area contributed by atoms with Crippen molar-refractivity contribution in [1.29, 1.82) is 0 Å². The van der Waals surface area contributed by atoms with Gasteiger partial charge in [0.1, 0.15) is 11.3 Å². The Morgan fingerprint density at radius 2 is 2.04 bits per heavy atom. The highest BCUT2D eigenvalue weighted by Crippen LogP contribution is 2.22. The van der Waals surface area contributed by atoms with Gasteiger partial charge in [0.05, 0.1) is 18.3 Å². The number of pyridine rings is 2. The Labute approximate surface area is 149 Å². The summed E-state index contributed by atoms with van der Waals surface area (Å²) in [6, 6.07) is 14.9. The number of benzene rings is 1. The number of fused-ring (bicyclic) bond motifs is 1. The first-order chi connectivity index (χ1) is 12.8. The molecular formula is C19H15N5O2. The molecule has 1 amide bonds. The first-order valence-electron chi connectivity index (χ1n) is 8.04. The van der Waals surface area contributed by atoms with Crippen LogP contribution in [-0.2, 0) is 11.2 Å². The summed E-state index contributed by atoms with van der Waals surface area (Å²) in [7, 11) is 0. The molecule has 4 aromatic rings. The summed E-state index contributed by atoms with van der Waals surface area (Å²) in [6.45, 7) is 0. The maximum absolute atomic E-state index is 12.2. The van der Waals surface area contributed by atoms with Gasteiger partial charge < -0.3 is 9.73 Å². The van der Waals surface area contributed by atoms with Gasteiger partial charge in [0.2, 0.25) is 5.91 Å². The molecule has 0 aliphatic rings. The smallest absolute Gasteiger partial charge is 0.301 e. The number of hydrogen-bond donors (Lipinski definition) is 2. The van der Waals surface area contributed by atoms with Crippen molar-refractivity contribution < 1.29 is 9.21 Å². The lowest BCUT2D eigenvalue weighted by Gasteiger charge is -2.04. The number of nitrogens with one attached hydrogen (secondary N) is 2. The van der Waals surface area contributed by atoms with Crippen LogP contribution in [-0.4, -0.2) is 20.9 Å². The maximum Gasteiger partial charge on any atom is 0.301 e. The Kier molecular flexibility index (Phi) is 4.26. The van der Waals surface area contributed by atoms with Crippen LogP contribution in [0.5, 0.6) is 0 Å². The third kappa shape index (κ3) is 3.67. The molecule has 0 fully saturated rings. The average Bonchev–Trinajstić information content (AvgIpc) is 3.05. The van der Waals surface area contributed by atoms with Crippen molar-refractivity contribution in [2.24, 2.45) is 0 Å². The predicted molar refractivity (Wildman–Crippen MR) is 98.1 cm³/mol. The number of anilines is 3. The van der Waals surface area contributed by atoms with Crippen molar-refractivity contribution >= 4 is 34.5 Å². The lowest BCUT2D eigenvalue weighted by atomic mass is 10.1. The monoisotopic (exact) mass is 345 g/mol. The number of rotatable bonds is 5. The molecule has 128 valence electrons. The highest BCUT2D eigenvalue weighted by Gasteiger charge is 2.10. The topological polar surface area (TPSA) is 92.9 Å². The minimum Gasteiger partial charge on any atom is -0.423 e. The van der Waals surface area contributed by atoms with Crippen molar-refractivity contribution in [3.8, 4) is 0 Å². The molecule has 0 atom stereocenters. The molecule has 0 aliphatic heterocycles. The van der Waals surface area contributed by atoms with Crippen LogP contribution in [0.1, 0.15) is 5.56 Å². The molecule has 0 aliphatic carbocycles. The van der Waals surface area contributed by atoms with Crippen LogP contribution in [0.25, 0.3) is 11.1 Å². The standard InChI is InChI=1S/C19H15N5O2/c25-18(22-14-4-3-8-20-12-14)11-13-6-7-15-16(10-13)26-19(23-15)24-17-5-1-2-9-21-17/h1-10,12H,11H2,(H,22,25)(H,21,23,24). The van der Waals surface area contributed by atoms with Crippen molar-refractivity contribution in [1.82, 2.24) is 15.0 Å². The minimum atomic E-state index is -0.122. The average molecular weight is 345 g/mol. The molecule has 7 heteroatoms. The zero-order chi connectivity index (χ0) is 17.8. The first kappa shape index (κ1) is 15.8. The molecule has 1 aromatic carbocycles. The second kappa shape index (κ2) is 7.02. The minimum absolute atomic E-state index is 0.122. The van der Waals surface area contributed by atoms with Crippen LogP contribution in [0, 0.1) is 0 Å². The fourth-order valence-electron chi connectivity index (χ4n) is 2.51. The number of amides is 1. The van der Waals surface area contributed by atoms with E-state index in [1.54, 1.807) is 30.7 Å². The summed E-state index contributed by atoms with van der Waals surface area (Å²) in [5.74, 6) is 0.527. The van der Waals surface area contributed by atoms with Gasteiger partial charge in [-0.05, 0) is 42.0 Å². The fourth-order valence-corrected chi connectivity index (χ4v) is 2.51. The Morgan fingerprint density at radius 1 is 1.08 bits per heavy atom. The van der Waals surface area contributed by atoms with Gasteiger partial charge in [0.25, 0.3) is 0 Å². The summed E-state index contributed by atoms with van der Waals surface area (Å²) in [5, 5.41) is 5.82. The zero-order valence-electron chi connectivity index (χ0n) is 13.7. The Morgan fingerprint density at radius 3 is 2.85 bits per heavy atom. The number of carbonyl (C=O) groups excluding carboxylic acids is 1. The van der Waals surface area contributed by atoms with Crippen LogP contribution in [0.4, 0.5) is 17.5 Å². The van der Waals surface area contributed by atoms with E-state index >= 15 is 0 Å². The van der Waals surface area contributed by atoms with Crippen LogP contribution < -0.4 is 10.6 Å². The van der Waals surface area contributed by atoms with Gasteiger partial charge in [-0.2, -0.15) is 4.98 Å². The Balaban J connectivity index is 1.48. The molecule has 0 unspecified atom stereocenters. The molecule has 0 radical (unpaired) electrons. The van der Waals surface area contributed by atoms with Gasteiger partial charge in [0, 0.05) is 12.4 Å². The summed E-state index contributed by atoms with van der Waals surface area (Å²) >= 11 is 0. The van der Waals surface area contributed by atoms with Crippen molar-refractivity contribution in [2.75, 3.05) is 10.6 Å². The quantitative estimate of drug-likeness (QED) is 0.575. The highest BCUT2D eigenvalue weighted by atomic mass is 16.4. The summed E-state index contributed by atoms with van der Waals surface area (Å²) in [6.07, 6.45) is 5.18. The largest absolute Gasteiger partial charge is 0.423 e. The lowest BCUT2D eigenvalue weighted by Crippen LogP contribution is -2.14. The summed E-state index contributed by atoms with van der Waals surface area (Å²) in [4.78, 5) is 24.7. The van der Waals surface area contributed by atoms with Gasteiger partial charge in [-0.3, -0.25) is 15.1 Å². The Hall–Kier alpha value is -3.74. The van der Waals surface area contributed by atoms with E-state index in [0.717, 1.165) is 5.56 Å². The zero-order valence-corrected chi connectivity index (χ0v) is 13.7. The molecule has 3 aromatic heterocycles. The molecule has 2 N–H and O–H groups in total. The number of nitrogens with zero attached hydrogens (tertiary/aromatic N) is 3. The normalized spacial score (nSPS) is 10.6. The van der Waals surface area contributed by atoms with Crippen LogP contribution in [0.3, 0.4) is 0 Å². The Bertz CT molecular complexity index is 1030. The van der Waals surface area contributed by atoms with E-state index in [1.165, 1.54) is 0 Å². The molecule has 3 heterocycles. The first-order valence-corrected chi connectivity index (χ1v) is 8.04. The molecule has 26 heavy (non-hydrogen) atoms. The van der Waals surface area contributed by atoms with E-state index in [4.69, 9.17) is 4.42 Å². The van der Waals surface area contributed by atoms with E-state index < -0.39 is 0 Å². The van der Waals surface area contributed by atoms with E-state index in [-0.39, 0.29) is 12.3 Å². The molecule has 0 spiro atoms. The summed E-state index contributed by atoms with van der Waals surface area (Å²) in [5.41, 5.74) is 2.81. The van der Waals surface area contributed by atoms with E-state index in [9.17, 15) is 4.79 Å². The molecule has 0 bridgehead atoms. The molecule has 0 saturated carbocycles. The molecular weight excluding hydrogens is 330 g/mol. The van der Waals surface area contributed by atoms with Crippen molar-refractivity contribution in [3.63, 3.8) is 0 Å². The number of carbonyl (C=O) groups is 1. The predicted octanol–water partition coefficient (Wildman–Crippen LogP) is 3.54. The number of hydrogen-bond acceptors (Lipinski definition) is 6. The van der Waals surface area contributed by atoms with E-state index in [1.807, 2.05) is 36.4 Å². The third-order valence-electron chi connectivity index (χ3n) is 3.66. The second-order valence-corrected chi connectivity index (χ2v) is 5.63. The molecule has 0 saturated heterocycles. The number of oxazole rings is 1. The van der Waals surface area contributed by atoms with Crippen molar-refractivity contribution in [2.45, 2.75) is 6.42 Å². The van der Waals surface area contributed by atoms with Crippen LogP contribution in [0.2, 0.25) is 0 Å². The lowest BCUT2D eigenvalue weighted by molar-refractivity contribution is -0.115. The second-order valence-electron chi connectivity index (χ2n) is 5.63. The van der Waals surface area contributed by atoms with Gasteiger partial charge in [-0.25, -0.2) is 4.98 Å². The SMILES string of the molecule is O=C(Cc1ccc2nc(Nc3ccccn3)oc2c1)Nc1cccnc1. The van der Waals surface area contributed by atoms with Gasteiger partial charge >= 0.3 is 6.01 Å². The van der Waals surface area contributed by atoms with Crippen molar-refractivity contribution in [3.05, 3.63) is 72.7 Å².